The van der Waals surface area contributed by atoms with Crippen LogP contribution in [0.1, 0.15) is 30.6 Å². The Morgan fingerprint density at radius 1 is 1.50 bits per heavy atom. The summed E-state index contributed by atoms with van der Waals surface area (Å²) in [4.78, 5) is 24.4. The molecular weight excluding hydrogens is 329 g/mol. The van der Waals surface area contributed by atoms with E-state index in [2.05, 4.69) is 0 Å². The zero-order chi connectivity index (χ0) is 15.8. The topological polar surface area (TPSA) is 89.5 Å². The van der Waals surface area contributed by atoms with Crippen molar-refractivity contribution in [1.82, 2.24) is 4.90 Å². The van der Waals surface area contributed by atoms with Crippen LogP contribution in [0.15, 0.2) is 18.2 Å². The first kappa shape index (κ1) is 18.7. The molecule has 1 saturated heterocycles. The van der Waals surface area contributed by atoms with E-state index in [0.29, 0.717) is 13.1 Å². The molecule has 1 aromatic carbocycles. The lowest BCUT2D eigenvalue weighted by Crippen LogP contribution is -2.54. The zero-order valence-corrected chi connectivity index (χ0v) is 14.0. The minimum Gasteiger partial charge on any atom is -0.338 e. The Morgan fingerprint density at radius 3 is 2.64 bits per heavy atom. The minimum atomic E-state index is -0.539. The van der Waals surface area contributed by atoms with E-state index in [4.69, 9.17) is 17.3 Å². The summed E-state index contributed by atoms with van der Waals surface area (Å²) in [7, 11) is 0. The molecular formula is C14H19Cl2N3O3. The number of likely N-dealkylation sites (tertiary alicyclic amines) is 1. The van der Waals surface area contributed by atoms with Gasteiger partial charge in [0.1, 0.15) is 0 Å². The highest BCUT2D eigenvalue weighted by Gasteiger charge is 2.36. The summed E-state index contributed by atoms with van der Waals surface area (Å²) in [6.07, 6.45) is 0.726. The number of carbonyl (C=O) groups is 1. The number of amides is 1. The number of hydrogen-bond donors (Lipinski definition) is 1. The summed E-state index contributed by atoms with van der Waals surface area (Å²) in [5, 5.41) is 10.8. The normalized spacial score (nSPS) is 20.2. The SMILES string of the molecule is CC1(C)CN(C(=O)c2ccc([N+](=O)[O-])cc2Cl)CCC1N.Cl. The number of piperidine rings is 1. The molecule has 8 heteroatoms. The lowest BCUT2D eigenvalue weighted by molar-refractivity contribution is -0.384. The maximum Gasteiger partial charge on any atom is 0.270 e. The molecule has 0 saturated carbocycles. The van der Waals surface area contributed by atoms with Gasteiger partial charge in [-0.25, -0.2) is 0 Å². The third-order valence-electron chi connectivity index (χ3n) is 3.99. The lowest BCUT2D eigenvalue weighted by Gasteiger charge is -2.42. The predicted molar refractivity (Wildman–Crippen MR) is 87.6 cm³/mol. The van der Waals surface area contributed by atoms with Gasteiger partial charge >= 0.3 is 0 Å². The van der Waals surface area contributed by atoms with E-state index >= 15 is 0 Å². The fourth-order valence-corrected chi connectivity index (χ4v) is 2.76. The molecule has 1 heterocycles. The summed E-state index contributed by atoms with van der Waals surface area (Å²) in [6.45, 7) is 5.15. The molecule has 0 aliphatic carbocycles. The van der Waals surface area contributed by atoms with Gasteiger partial charge < -0.3 is 10.6 Å². The minimum absolute atomic E-state index is 0. The predicted octanol–water partition coefficient (Wildman–Crippen LogP) is 2.87. The highest BCUT2D eigenvalue weighted by molar-refractivity contribution is 6.34. The molecule has 1 unspecified atom stereocenters. The number of benzene rings is 1. The van der Waals surface area contributed by atoms with Gasteiger partial charge in [-0.3, -0.25) is 14.9 Å². The monoisotopic (exact) mass is 347 g/mol. The molecule has 1 atom stereocenters. The van der Waals surface area contributed by atoms with Crippen molar-refractivity contribution < 1.29 is 9.72 Å². The molecule has 1 aromatic rings. The number of non-ortho nitro benzene ring substituents is 1. The van der Waals surface area contributed by atoms with Crippen LogP contribution < -0.4 is 5.73 Å². The van der Waals surface area contributed by atoms with Crippen LogP contribution in [-0.2, 0) is 0 Å². The molecule has 1 amide bonds. The number of rotatable bonds is 2. The number of hydrogen-bond acceptors (Lipinski definition) is 4. The van der Waals surface area contributed by atoms with Gasteiger partial charge in [0.05, 0.1) is 15.5 Å². The zero-order valence-electron chi connectivity index (χ0n) is 12.4. The van der Waals surface area contributed by atoms with Crippen LogP contribution in [0.25, 0.3) is 0 Å². The second-order valence-electron chi connectivity index (χ2n) is 6.03. The first-order valence-electron chi connectivity index (χ1n) is 6.71. The molecule has 6 nitrogen and oxygen atoms in total. The Labute approximate surface area is 140 Å². The summed E-state index contributed by atoms with van der Waals surface area (Å²) in [6, 6.07) is 3.95. The van der Waals surface area contributed by atoms with Crippen molar-refractivity contribution in [3.8, 4) is 0 Å². The van der Waals surface area contributed by atoms with Gasteiger partial charge in [0, 0.05) is 31.3 Å². The smallest absolute Gasteiger partial charge is 0.270 e. The van der Waals surface area contributed by atoms with Crippen LogP contribution in [-0.4, -0.2) is 34.9 Å². The van der Waals surface area contributed by atoms with E-state index in [1.54, 1.807) is 4.90 Å². The van der Waals surface area contributed by atoms with E-state index < -0.39 is 4.92 Å². The number of halogens is 2. The number of nitrogens with zero attached hydrogens (tertiary/aromatic N) is 2. The number of nitro benzene ring substituents is 1. The van der Waals surface area contributed by atoms with Crippen molar-refractivity contribution in [3.05, 3.63) is 38.9 Å². The maximum atomic E-state index is 12.5. The van der Waals surface area contributed by atoms with Crippen molar-refractivity contribution in [1.29, 1.82) is 0 Å². The van der Waals surface area contributed by atoms with E-state index in [1.807, 2.05) is 13.8 Å². The average molecular weight is 348 g/mol. The quantitative estimate of drug-likeness (QED) is 0.657. The third-order valence-corrected chi connectivity index (χ3v) is 4.31. The Bertz CT molecular complexity index is 593. The Balaban J connectivity index is 0.00000242. The van der Waals surface area contributed by atoms with Crippen molar-refractivity contribution in [2.45, 2.75) is 26.3 Å². The molecule has 1 aliphatic heterocycles. The van der Waals surface area contributed by atoms with Gasteiger partial charge in [-0.2, -0.15) is 0 Å². The summed E-state index contributed by atoms with van der Waals surface area (Å²) >= 11 is 6.01. The van der Waals surface area contributed by atoms with E-state index in [1.165, 1.54) is 18.2 Å². The highest BCUT2D eigenvalue weighted by Crippen LogP contribution is 2.30. The second-order valence-corrected chi connectivity index (χ2v) is 6.44. The van der Waals surface area contributed by atoms with Gasteiger partial charge in [-0.05, 0) is 17.9 Å². The van der Waals surface area contributed by atoms with Crippen LogP contribution in [0.5, 0.6) is 0 Å². The molecule has 1 aliphatic rings. The maximum absolute atomic E-state index is 12.5. The van der Waals surface area contributed by atoms with Gasteiger partial charge in [-0.15, -0.1) is 12.4 Å². The number of nitro groups is 1. The number of carbonyl (C=O) groups excluding carboxylic acids is 1. The van der Waals surface area contributed by atoms with Crippen molar-refractivity contribution >= 4 is 35.6 Å². The van der Waals surface area contributed by atoms with Crippen LogP contribution in [0.3, 0.4) is 0 Å². The summed E-state index contributed by atoms with van der Waals surface area (Å²) < 4.78 is 0. The van der Waals surface area contributed by atoms with Gasteiger partial charge in [0.25, 0.3) is 11.6 Å². The Hall–Kier alpha value is -1.37. The van der Waals surface area contributed by atoms with E-state index in [0.717, 1.165) is 6.42 Å². The highest BCUT2D eigenvalue weighted by atomic mass is 35.5. The molecule has 0 bridgehead atoms. The first-order chi connectivity index (χ1) is 9.72. The van der Waals surface area contributed by atoms with E-state index in [-0.39, 0.29) is 46.0 Å². The summed E-state index contributed by atoms with van der Waals surface area (Å²) in [5.41, 5.74) is 6.05. The fraction of sp³-hybridized carbons (Fsp3) is 0.500. The number of nitrogens with two attached hydrogens (primary N) is 1. The van der Waals surface area contributed by atoms with Crippen molar-refractivity contribution in [2.75, 3.05) is 13.1 Å². The largest absolute Gasteiger partial charge is 0.338 e. The summed E-state index contributed by atoms with van der Waals surface area (Å²) in [5.74, 6) is -0.213. The molecule has 1 fully saturated rings. The first-order valence-corrected chi connectivity index (χ1v) is 7.09. The second kappa shape index (κ2) is 6.81. The molecule has 22 heavy (non-hydrogen) atoms. The fourth-order valence-electron chi connectivity index (χ4n) is 2.51. The van der Waals surface area contributed by atoms with Gasteiger partial charge in [-0.1, -0.05) is 25.4 Å². The Kier molecular flexibility index (Phi) is 5.78. The standard InChI is InChI=1S/C14H18ClN3O3.ClH/c1-14(2)8-17(6-5-12(14)16)13(19)10-4-3-9(18(20)21)7-11(10)15;/h3-4,7,12H,5-6,8,16H2,1-2H3;1H. The molecule has 2 rings (SSSR count). The van der Waals surface area contributed by atoms with Crippen LogP contribution in [0, 0.1) is 15.5 Å². The molecule has 0 radical (unpaired) electrons. The van der Waals surface area contributed by atoms with E-state index in [9.17, 15) is 14.9 Å². The average Bonchev–Trinajstić information content (AvgIpc) is 2.40. The van der Waals surface area contributed by atoms with Crippen molar-refractivity contribution in [3.63, 3.8) is 0 Å². The Morgan fingerprint density at radius 2 is 2.14 bits per heavy atom. The molecule has 0 spiro atoms. The lowest BCUT2D eigenvalue weighted by atomic mass is 9.79. The van der Waals surface area contributed by atoms with Crippen LogP contribution >= 0.6 is 24.0 Å². The van der Waals surface area contributed by atoms with Crippen LogP contribution in [0.4, 0.5) is 5.69 Å². The molecule has 2 N–H and O–H groups in total. The molecule has 122 valence electrons. The third kappa shape index (κ3) is 3.69. The van der Waals surface area contributed by atoms with Crippen molar-refractivity contribution in [2.24, 2.45) is 11.1 Å². The van der Waals surface area contributed by atoms with Gasteiger partial charge in [0.2, 0.25) is 0 Å². The van der Waals surface area contributed by atoms with Crippen LogP contribution in [0.2, 0.25) is 5.02 Å². The molecule has 0 aromatic heterocycles. The van der Waals surface area contributed by atoms with Gasteiger partial charge in [0.15, 0.2) is 0 Å².